The number of carbonyl (C=O) groups is 1. The second-order valence-electron chi connectivity index (χ2n) is 3.30. The molecule has 0 saturated carbocycles. The number of hydrogen-bond acceptors (Lipinski definition) is 3. The van der Waals surface area contributed by atoms with Crippen molar-refractivity contribution in [3.8, 4) is 0 Å². The largest absolute Gasteiger partial charge is 0.325 e. The summed E-state index contributed by atoms with van der Waals surface area (Å²) in [6.45, 7) is 1.89. The number of hydrogen-bond donors (Lipinski definition) is 1. The van der Waals surface area contributed by atoms with Crippen molar-refractivity contribution in [1.29, 1.82) is 0 Å². The lowest BCUT2D eigenvalue weighted by molar-refractivity contribution is -0.128. The first-order valence-electron chi connectivity index (χ1n) is 4.25. The van der Waals surface area contributed by atoms with Gasteiger partial charge in [-0.3, -0.25) is 10.1 Å². The molecule has 2 atom stereocenters. The summed E-state index contributed by atoms with van der Waals surface area (Å²) in [7, 11) is 1.83. The van der Waals surface area contributed by atoms with Crippen LogP contribution in [0.25, 0.3) is 0 Å². The smallest absolute Gasteiger partial charge is 0.240 e. The molecule has 0 radical (unpaired) electrons. The first kappa shape index (κ1) is 8.72. The van der Waals surface area contributed by atoms with Crippen LogP contribution in [0.5, 0.6) is 0 Å². The molecular formula is C9H12N2OS. The van der Waals surface area contributed by atoms with E-state index in [1.165, 1.54) is 5.56 Å². The third-order valence-electron chi connectivity index (χ3n) is 2.37. The SMILES string of the molecule is CC1NC(c2ccsc2)N(C)C1=O. The van der Waals surface area contributed by atoms with Gasteiger partial charge in [0, 0.05) is 7.05 Å². The molecule has 2 heterocycles. The molecule has 13 heavy (non-hydrogen) atoms. The maximum Gasteiger partial charge on any atom is 0.240 e. The number of rotatable bonds is 1. The highest BCUT2D eigenvalue weighted by atomic mass is 32.1. The molecule has 1 saturated heterocycles. The van der Waals surface area contributed by atoms with Crippen LogP contribution >= 0.6 is 11.3 Å². The van der Waals surface area contributed by atoms with Gasteiger partial charge in [-0.2, -0.15) is 11.3 Å². The number of nitrogens with one attached hydrogen (secondary N) is 1. The Kier molecular flexibility index (Phi) is 2.09. The highest BCUT2D eigenvalue weighted by Crippen LogP contribution is 2.24. The Balaban J connectivity index is 2.23. The number of likely N-dealkylation sites (N-methyl/N-ethyl adjacent to an activating group) is 1. The summed E-state index contributed by atoms with van der Waals surface area (Å²) in [6.07, 6.45) is 0.0637. The topological polar surface area (TPSA) is 32.3 Å². The van der Waals surface area contributed by atoms with E-state index in [9.17, 15) is 4.79 Å². The fourth-order valence-electron chi connectivity index (χ4n) is 1.60. The van der Waals surface area contributed by atoms with Gasteiger partial charge in [-0.25, -0.2) is 0 Å². The average molecular weight is 196 g/mol. The lowest BCUT2D eigenvalue weighted by Crippen LogP contribution is -2.25. The van der Waals surface area contributed by atoms with E-state index in [0.717, 1.165) is 0 Å². The molecule has 0 aromatic carbocycles. The van der Waals surface area contributed by atoms with Gasteiger partial charge in [0.05, 0.1) is 6.04 Å². The predicted octanol–water partition coefficient (Wildman–Crippen LogP) is 1.20. The molecule has 4 heteroatoms. The molecule has 1 aliphatic heterocycles. The predicted molar refractivity (Wildman–Crippen MR) is 52.4 cm³/mol. The van der Waals surface area contributed by atoms with Crippen molar-refractivity contribution < 1.29 is 4.79 Å². The van der Waals surface area contributed by atoms with Gasteiger partial charge < -0.3 is 4.90 Å². The highest BCUT2D eigenvalue weighted by Gasteiger charge is 2.34. The van der Waals surface area contributed by atoms with E-state index in [-0.39, 0.29) is 18.1 Å². The number of thiophene rings is 1. The van der Waals surface area contributed by atoms with E-state index in [1.54, 1.807) is 16.2 Å². The standard InChI is InChI=1S/C9H12N2OS/c1-6-9(12)11(2)8(10-6)7-3-4-13-5-7/h3-6,8,10H,1-2H3. The van der Waals surface area contributed by atoms with Crippen molar-refractivity contribution in [3.05, 3.63) is 22.4 Å². The van der Waals surface area contributed by atoms with Crippen LogP contribution in [-0.2, 0) is 4.79 Å². The molecule has 0 aliphatic carbocycles. The summed E-state index contributed by atoms with van der Waals surface area (Å²) < 4.78 is 0. The molecule has 1 N–H and O–H groups in total. The number of nitrogens with zero attached hydrogens (tertiary/aromatic N) is 1. The van der Waals surface area contributed by atoms with Gasteiger partial charge in [-0.1, -0.05) is 0 Å². The first-order chi connectivity index (χ1) is 6.20. The Morgan fingerprint density at radius 3 is 2.85 bits per heavy atom. The maximum atomic E-state index is 11.5. The van der Waals surface area contributed by atoms with E-state index >= 15 is 0 Å². The van der Waals surface area contributed by atoms with Crippen LogP contribution in [-0.4, -0.2) is 23.9 Å². The van der Waals surface area contributed by atoms with Crippen LogP contribution in [0.2, 0.25) is 0 Å². The fraction of sp³-hybridized carbons (Fsp3) is 0.444. The zero-order valence-corrected chi connectivity index (χ0v) is 8.47. The van der Waals surface area contributed by atoms with Crippen molar-refractivity contribution in [2.75, 3.05) is 7.05 Å². The molecule has 2 rings (SSSR count). The summed E-state index contributed by atoms with van der Waals surface area (Å²) in [4.78, 5) is 13.2. The first-order valence-corrected chi connectivity index (χ1v) is 5.19. The van der Waals surface area contributed by atoms with E-state index in [1.807, 2.05) is 25.4 Å². The van der Waals surface area contributed by atoms with Crippen molar-refractivity contribution in [1.82, 2.24) is 10.2 Å². The van der Waals surface area contributed by atoms with Crippen molar-refractivity contribution >= 4 is 17.2 Å². The molecule has 1 amide bonds. The van der Waals surface area contributed by atoms with Crippen LogP contribution in [0, 0.1) is 0 Å². The van der Waals surface area contributed by atoms with E-state index in [0.29, 0.717) is 0 Å². The van der Waals surface area contributed by atoms with Crippen molar-refractivity contribution in [2.45, 2.75) is 19.1 Å². The van der Waals surface area contributed by atoms with Crippen molar-refractivity contribution in [2.24, 2.45) is 0 Å². The Morgan fingerprint density at radius 1 is 1.62 bits per heavy atom. The second kappa shape index (κ2) is 3.12. The molecule has 1 fully saturated rings. The lowest BCUT2D eigenvalue weighted by atomic mass is 10.2. The van der Waals surface area contributed by atoms with Gasteiger partial charge in [-0.15, -0.1) is 0 Å². The summed E-state index contributed by atoms with van der Waals surface area (Å²) >= 11 is 1.65. The summed E-state index contributed by atoms with van der Waals surface area (Å²) in [6, 6.07) is 1.99. The van der Waals surface area contributed by atoms with Gasteiger partial charge in [0.2, 0.25) is 5.91 Å². The Labute approximate surface area is 81.4 Å². The molecule has 0 spiro atoms. The minimum Gasteiger partial charge on any atom is -0.325 e. The molecule has 1 aliphatic rings. The lowest BCUT2D eigenvalue weighted by Gasteiger charge is -2.17. The van der Waals surface area contributed by atoms with Crippen LogP contribution in [0.4, 0.5) is 0 Å². The quantitative estimate of drug-likeness (QED) is 0.732. The zero-order chi connectivity index (χ0) is 9.42. The van der Waals surface area contributed by atoms with E-state index < -0.39 is 0 Å². The maximum absolute atomic E-state index is 11.5. The summed E-state index contributed by atoms with van der Waals surface area (Å²) in [5, 5.41) is 7.33. The minimum absolute atomic E-state index is 0.0603. The van der Waals surface area contributed by atoms with Gasteiger partial charge in [0.15, 0.2) is 0 Å². The zero-order valence-electron chi connectivity index (χ0n) is 7.65. The monoisotopic (exact) mass is 196 g/mol. The number of amides is 1. The molecule has 3 nitrogen and oxygen atoms in total. The van der Waals surface area contributed by atoms with E-state index in [2.05, 4.69) is 10.7 Å². The molecule has 0 bridgehead atoms. The Hall–Kier alpha value is -0.870. The highest BCUT2D eigenvalue weighted by molar-refractivity contribution is 7.07. The molecule has 1 aromatic heterocycles. The Morgan fingerprint density at radius 2 is 2.38 bits per heavy atom. The molecule has 1 aromatic rings. The second-order valence-corrected chi connectivity index (χ2v) is 4.08. The Bertz CT molecular complexity index is 309. The van der Waals surface area contributed by atoms with Gasteiger partial charge in [0.1, 0.15) is 6.17 Å². The minimum atomic E-state index is -0.0603. The van der Waals surface area contributed by atoms with Gasteiger partial charge >= 0.3 is 0 Å². The number of carbonyl (C=O) groups excluding carboxylic acids is 1. The summed E-state index contributed by atoms with van der Waals surface area (Å²) in [5.41, 5.74) is 1.17. The molecule has 2 unspecified atom stereocenters. The van der Waals surface area contributed by atoms with Crippen molar-refractivity contribution in [3.63, 3.8) is 0 Å². The van der Waals surface area contributed by atoms with Crippen LogP contribution in [0.15, 0.2) is 16.8 Å². The fourth-order valence-corrected chi connectivity index (χ4v) is 2.28. The van der Waals surface area contributed by atoms with Gasteiger partial charge in [-0.05, 0) is 29.3 Å². The van der Waals surface area contributed by atoms with Crippen LogP contribution < -0.4 is 5.32 Å². The molecule has 70 valence electrons. The average Bonchev–Trinajstić information content (AvgIpc) is 2.70. The third kappa shape index (κ3) is 1.36. The van der Waals surface area contributed by atoms with Crippen LogP contribution in [0.1, 0.15) is 18.7 Å². The molecular weight excluding hydrogens is 184 g/mol. The van der Waals surface area contributed by atoms with Crippen LogP contribution in [0.3, 0.4) is 0 Å². The van der Waals surface area contributed by atoms with Gasteiger partial charge in [0.25, 0.3) is 0 Å². The van der Waals surface area contributed by atoms with E-state index in [4.69, 9.17) is 0 Å². The normalized spacial score (nSPS) is 28.5. The third-order valence-corrected chi connectivity index (χ3v) is 3.07. The summed E-state index contributed by atoms with van der Waals surface area (Å²) in [5.74, 6) is 0.163.